The van der Waals surface area contributed by atoms with E-state index >= 15 is 0 Å². The Hall–Kier alpha value is -1.32. The van der Waals surface area contributed by atoms with Crippen molar-refractivity contribution < 1.29 is 19.1 Å². The van der Waals surface area contributed by atoms with E-state index in [0.29, 0.717) is 35.2 Å². The lowest BCUT2D eigenvalue weighted by atomic mass is 9.46. The van der Waals surface area contributed by atoms with Crippen LogP contribution in [0.15, 0.2) is 12.2 Å². The number of rotatable bonds is 6. The van der Waals surface area contributed by atoms with Gasteiger partial charge in [-0.25, -0.2) is 0 Å². The molecule has 3 fully saturated rings. The quantitative estimate of drug-likeness (QED) is 0.273. The smallest absolute Gasteiger partial charge is 0.302 e. The number of allylic oxidation sites excluding steroid dienone is 2. The van der Waals surface area contributed by atoms with Gasteiger partial charge in [0, 0.05) is 13.8 Å². The molecule has 0 unspecified atom stereocenters. The third-order valence-corrected chi connectivity index (χ3v) is 10.3. The van der Waals surface area contributed by atoms with E-state index in [1.165, 1.54) is 39.0 Å². The molecule has 0 aromatic carbocycles. The summed E-state index contributed by atoms with van der Waals surface area (Å²) in [5.74, 6) is 4.04. The van der Waals surface area contributed by atoms with E-state index in [1.807, 2.05) is 0 Å². The molecule has 0 aliphatic heterocycles. The Kier molecular flexibility index (Phi) is 6.81. The summed E-state index contributed by atoms with van der Waals surface area (Å²) in [6, 6.07) is 0. The normalized spacial score (nSPS) is 43.5. The monoisotopic (exact) mass is 444 g/mol. The molecule has 4 aliphatic rings. The molecule has 32 heavy (non-hydrogen) atoms. The molecule has 0 radical (unpaired) electrons. The van der Waals surface area contributed by atoms with Crippen molar-refractivity contribution in [3.8, 4) is 0 Å². The molecule has 9 atom stereocenters. The minimum absolute atomic E-state index is 0.125. The molecular weight excluding hydrogens is 400 g/mol. The molecule has 0 N–H and O–H groups in total. The van der Waals surface area contributed by atoms with Gasteiger partial charge in [0.15, 0.2) is 0 Å². The summed E-state index contributed by atoms with van der Waals surface area (Å²) in [4.78, 5) is 22.5. The van der Waals surface area contributed by atoms with Crippen LogP contribution in [0.1, 0.15) is 92.4 Å². The van der Waals surface area contributed by atoms with Crippen LogP contribution in [0.2, 0.25) is 0 Å². The zero-order chi connectivity index (χ0) is 23.1. The summed E-state index contributed by atoms with van der Waals surface area (Å²) in [6.07, 6.45) is 16.1. The average molecular weight is 445 g/mol. The molecule has 4 nitrogen and oxygen atoms in total. The maximum atomic E-state index is 11.5. The number of hydrogen-bond acceptors (Lipinski definition) is 4. The average Bonchev–Trinajstić information content (AvgIpc) is 3.08. The number of ether oxygens (including phenoxy) is 2. The maximum Gasteiger partial charge on any atom is 0.302 e. The van der Waals surface area contributed by atoms with E-state index in [9.17, 15) is 9.59 Å². The van der Waals surface area contributed by atoms with Crippen LogP contribution >= 0.6 is 0 Å². The first-order valence-electron chi connectivity index (χ1n) is 13.1. The molecule has 0 aromatic rings. The fourth-order valence-electron chi connectivity index (χ4n) is 8.69. The summed E-state index contributed by atoms with van der Waals surface area (Å²) in [5, 5.41) is 0. The molecule has 4 aliphatic carbocycles. The zero-order valence-corrected chi connectivity index (χ0v) is 20.9. The number of esters is 2. The van der Waals surface area contributed by atoms with Gasteiger partial charge in [-0.3, -0.25) is 9.59 Å². The fraction of sp³-hybridized carbons (Fsp3) is 0.857. The van der Waals surface area contributed by atoms with E-state index in [2.05, 4.69) is 32.9 Å². The van der Waals surface area contributed by atoms with Crippen LogP contribution in [-0.4, -0.2) is 24.6 Å². The number of hydrogen-bond donors (Lipinski definition) is 0. The topological polar surface area (TPSA) is 52.6 Å². The lowest BCUT2D eigenvalue weighted by molar-refractivity contribution is -0.154. The summed E-state index contributed by atoms with van der Waals surface area (Å²) in [7, 11) is 0. The Morgan fingerprint density at radius 1 is 1.06 bits per heavy atom. The highest BCUT2D eigenvalue weighted by Crippen LogP contribution is 2.66. The van der Waals surface area contributed by atoms with Crippen LogP contribution in [0.3, 0.4) is 0 Å². The SMILES string of the molecule is CC(=O)OCCC[C@@H](C)[C@@H]1CC[C@@H]2[C@@H]3CC[C@H]4C[C@H](OC(C)=O)CC[C@]4(C)[C@H]3C=C[C@]21C. The van der Waals surface area contributed by atoms with Crippen molar-refractivity contribution in [1.82, 2.24) is 0 Å². The molecule has 3 saturated carbocycles. The summed E-state index contributed by atoms with van der Waals surface area (Å²) < 4.78 is 10.8. The van der Waals surface area contributed by atoms with Crippen molar-refractivity contribution in [3.05, 3.63) is 12.2 Å². The van der Waals surface area contributed by atoms with Gasteiger partial charge in [-0.15, -0.1) is 0 Å². The van der Waals surface area contributed by atoms with Gasteiger partial charge in [0.05, 0.1) is 6.61 Å². The Morgan fingerprint density at radius 2 is 1.84 bits per heavy atom. The van der Waals surface area contributed by atoms with Crippen LogP contribution in [-0.2, 0) is 19.1 Å². The van der Waals surface area contributed by atoms with Crippen LogP contribution in [0.25, 0.3) is 0 Å². The third kappa shape index (κ3) is 4.28. The van der Waals surface area contributed by atoms with Crippen molar-refractivity contribution in [2.75, 3.05) is 6.61 Å². The van der Waals surface area contributed by atoms with Crippen LogP contribution < -0.4 is 0 Å². The molecule has 0 heterocycles. The third-order valence-electron chi connectivity index (χ3n) is 10.3. The van der Waals surface area contributed by atoms with Crippen LogP contribution in [0, 0.1) is 46.3 Å². The second kappa shape index (κ2) is 9.14. The van der Waals surface area contributed by atoms with E-state index in [-0.39, 0.29) is 18.0 Å². The first kappa shape index (κ1) is 23.8. The first-order chi connectivity index (χ1) is 15.1. The number of carbonyl (C=O) groups excluding carboxylic acids is 2. The van der Waals surface area contributed by atoms with E-state index < -0.39 is 0 Å². The van der Waals surface area contributed by atoms with E-state index in [4.69, 9.17) is 9.47 Å². The first-order valence-corrected chi connectivity index (χ1v) is 13.1. The lowest BCUT2D eigenvalue weighted by Crippen LogP contribution is -2.52. The second-order valence-corrected chi connectivity index (χ2v) is 12.0. The van der Waals surface area contributed by atoms with Gasteiger partial charge in [0.2, 0.25) is 0 Å². The van der Waals surface area contributed by atoms with Gasteiger partial charge in [0.25, 0.3) is 0 Å². The standard InChI is InChI=1S/C28H44O4/c1-18(7-6-16-31-19(2)29)24-10-11-25-23-9-8-21-17-22(32-20(3)30)12-14-27(21,4)26(23)13-15-28(24,25)5/h13,15,18,21-26H,6-12,14,16-17H2,1-5H3/t18-,21+,22-,23+,24+,25-,26+,27+,28+/m1/s1. The molecule has 4 heteroatoms. The van der Waals surface area contributed by atoms with Gasteiger partial charge in [-0.1, -0.05) is 32.9 Å². The van der Waals surface area contributed by atoms with E-state index in [0.717, 1.165) is 43.4 Å². The molecule has 0 aromatic heterocycles. The Balaban J connectivity index is 1.45. The predicted molar refractivity (Wildman–Crippen MR) is 126 cm³/mol. The minimum atomic E-state index is -0.169. The molecule has 0 bridgehead atoms. The predicted octanol–water partition coefficient (Wildman–Crippen LogP) is 6.33. The molecule has 4 rings (SSSR count). The van der Waals surface area contributed by atoms with E-state index in [1.54, 1.807) is 6.92 Å². The highest BCUT2D eigenvalue weighted by Gasteiger charge is 2.58. The van der Waals surface area contributed by atoms with Crippen molar-refractivity contribution in [2.45, 2.75) is 98.5 Å². The van der Waals surface area contributed by atoms with Crippen molar-refractivity contribution in [1.29, 1.82) is 0 Å². The van der Waals surface area contributed by atoms with Crippen molar-refractivity contribution in [2.24, 2.45) is 46.3 Å². The Labute approximate surface area is 194 Å². The highest BCUT2D eigenvalue weighted by atomic mass is 16.5. The van der Waals surface area contributed by atoms with Gasteiger partial charge < -0.3 is 9.47 Å². The maximum absolute atomic E-state index is 11.5. The largest absolute Gasteiger partial charge is 0.466 e. The lowest BCUT2D eigenvalue weighted by Gasteiger charge is -2.59. The molecule has 180 valence electrons. The van der Waals surface area contributed by atoms with Crippen molar-refractivity contribution in [3.63, 3.8) is 0 Å². The van der Waals surface area contributed by atoms with Gasteiger partial charge in [-0.2, -0.15) is 0 Å². The summed E-state index contributed by atoms with van der Waals surface area (Å²) in [5.41, 5.74) is 0.658. The second-order valence-electron chi connectivity index (χ2n) is 12.0. The van der Waals surface area contributed by atoms with Crippen LogP contribution in [0.4, 0.5) is 0 Å². The minimum Gasteiger partial charge on any atom is -0.466 e. The molecule has 0 saturated heterocycles. The summed E-state index contributed by atoms with van der Waals surface area (Å²) >= 11 is 0. The fourth-order valence-corrected chi connectivity index (χ4v) is 8.69. The van der Waals surface area contributed by atoms with Gasteiger partial charge in [0.1, 0.15) is 6.10 Å². The van der Waals surface area contributed by atoms with Crippen LogP contribution in [0.5, 0.6) is 0 Å². The van der Waals surface area contributed by atoms with Gasteiger partial charge >= 0.3 is 11.9 Å². The highest BCUT2D eigenvalue weighted by molar-refractivity contribution is 5.66. The molecular formula is C28H44O4. The summed E-state index contributed by atoms with van der Waals surface area (Å²) in [6.45, 7) is 11.1. The zero-order valence-electron chi connectivity index (χ0n) is 20.9. The number of carbonyl (C=O) groups is 2. The van der Waals surface area contributed by atoms with Gasteiger partial charge in [-0.05, 0) is 104 Å². The molecule has 0 amide bonds. The van der Waals surface area contributed by atoms with Crippen molar-refractivity contribution >= 4 is 11.9 Å². The Morgan fingerprint density at radius 3 is 2.56 bits per heavy atom. The number of fused-ring (bicyclic) bond motifs is 5. The Bertz CT molecular complexity index is 744. The molecule has 0 spiro atoms.